The fourth-order valence-electron chi connectivity index (χ4n) is 1.35. The minimum atomic E-state index is -0.436. The molecule has 0 aliphatic carbocycles. The molecular weight excluding hydrogens is 273 g/mol. The minimum absolute atomic E-state index is 0. The number of aromatic nitrogens is 1. The molecule has 0 saturated heterocycles. The van der Waals surface area contributed by atoms with Gasteiger partial charge in [0, 0.05) is 13.2 Å². The molecule has 2 N–H and O–H groups in total. The molecule has 6 heteroatoms. The zero-order valence-corrected chi connectivity index (χ0v) is 12.5. The Morgan fingerprint density at radius 2 is 2.00 bits per heavy atom. The van der Waals surface area contributed by atoms with Crippen molar-refractivity contribution in [2.45, 2.75) is 26.4 Å². The van der Waals surface area contributed by atoms with Crippen LogP contribution >= 0.6 is 24.8 Å². The number of hydrogen-bond acceptors (Lipinski definition) is 3. The van der Waals surface area contributed by atoms with Crippen LogP contribution in [0.1, 0.15) is 19.5 Å². The van der Waals surface area contributed by atoms with Crippen LogP contribution in [0.4, 0.5) is 0 Å². The Balaban J connectivity index is 0. The molecule has 0 aromatic carbocycles. The first kappa shape index (κ1) is 19.5. The number of nitrogens with zero attached hydrogens (tertiary/aromatic N) is 2. The van der Waals surface area contributed by atoms with Crippen molar-refractivity contribution in [2.24, 2.45) is 11.7 Å². The number of amides is 1. The van der Waals surface area contributed by atoms with Crippen molar-refractivity contribution in [2.75, 3.05) is 7.05 Å². The molecule has 0 unspecified atom stereocenters. The van der Waals surface area contributed by atoms with Crippen molar-refractivity contribution in [1.82, 2.24) is 9.88 Å². The molecule has 1 aromatic heterocycles. The topological polar surface area (TPSA) is 59.2 Å². The molecule has 1 heterocycles. The molecule has 0 fully saturated rings. The van der Waals surface area contributed by atoms with E-state index in [9.17, 15) is 4.79 Å². The third kappa shape index (κ3) is 5.67. The smallest absolute Gasteiger partial charge is 0.239 e. The third-order valence-electron chi connectivity index (χ3n) is 2.50. The van der Waals surface area contributed by atoms with Gasteiger partial charge < -0.3 is 10.6 Å². The Hall–Kier alpha value is -0.840. The zero-order chi connectivity index (χ0) is 12.1. The lowest BCUT2D eigenvalue weighted by Gasteiger charge is -2.23. The number of hydrogen-bond donors (Lipinski definition) is 1. The van der Waals surface area contributed by atoms with Crippen molar-refractivity contribution in [1.29, 1.82) is 0 Å². The second kappa shape index (κ2) is 9.14. The van der Waals surface area contributed by atoms with Gasteiger partial charge in [0.1, 0.15) is 0 Å². The Labute approximate surface area is 121 Å². The van der Waals surface area contributed by atoms with Gasteiger partial charge in [-0.25, -0.2) is 0 Å². The molecule has 104 valence electrons. The van der Waals surface area contributed by atoms with Crippen molar-refractivity contribution in [3.8, 4) is 0 Å². The Kier molecular flexibility index (Phi) is 9.90. The van der Waals surface area contributed by atoms with Gasteiger partial charge >= 0.3 is 0 Å². The zero-order valence-electron chi connectivity index (χ0n) is 10.9. The third-order valence-corrected chi connectivity index (χ3v) is 2.50. The van der Waals surface area contributed by atoms with E-state index >= 15 is 0 Å². The fourth-order valence-corrected chi connectivity index (χ4v) is 1.35. The lowest BCUT2D eigenvalue weighted by atomic mass is 10.0. The largest absolute Gasteiger partial charge is 0.339 e. The van der Waals surface area contributed by atoms with Crippen LogP contribution in [0.15, 0.2) is 24.4 Å². The maximum Gasteiger partial charge on any atom is 0.239 e. The maximum atomic E-state index is 11.9. The normalized spacial score (nSPS) is 11.2. The summed E-state index contributed by atoms with van der Waals surface area (Å²) in [5, 5.41) is 0. The van der Waals surface area contributed by atoms with E-state index in [1.807, 2.05) is 32.0 Å². The summed E-state index contributed by atoms with van der Waals surface area (Å²) >= 11 is 0. The molecule has 0 saturated carbocycles. The summed E-state index contributed by atoms with van der Waals surface area (Å²) in [7, 11) is 1.75. The van der Waals surface area contributed by atoms with Gasteiger partial charge in [0.15, 0.2) is 0 Å². The molecule has 0 spiro atoms. The highest BCUT2D eigenvalue weighted by Crippen LogP contribution is 2.05. The van der Waals surface area contributed by atoms with E-state index in [-0.39, 0.29) is 36.6 Å². The number of rotatable bonds is 4. The van der Waals surface area contributed by atoms with Crippen molar-refractivity contribution >= 4 is 30.7 Å². The van der Waals surface area contributed by atoms with Gasteiger partial charge in [-0.2, -0.15) is 0 Å². The lowest BCUT2D eigenvalue weighted by Crippen LogP contribution is -2.44. The van der Waals surface area contributed by atoms with Gasteiger partial charge in [0.05, 0.1) is 18.3 Å². The summed E-state index contributed by atoms with van der Waals surface area (Å²) in [6.45, 7) is 4.38. The van der Waals surface area contributed by atoms with Gasteiger partial charge in [-0.15, -0.1) is 24.8 Å². The van der Waals surface area contributed by atoms with E-state index in [0.29, 0.717) is 6.54 Å². The first-order valence-corrected chi connectivity index (χ1v) is 5.43. The highest BCUT2D eigenvalue weighted by atomic mass is 35.5. The van der Waals surface area contributed by atoms with Gasteiger partial charge in [-0.05, 0) is 18.1 Å². The Morgan fingerprint density at radius 3 is 2.44 bits per heavy atom. The highest BCUT2D eigenvalue weighted by Gasteiger charge is 2.21. The molecule has 4 nitrogen and oxygen atoms in total. The quantitative estimate of drug-likeness (QED) is 0.922. The highest BCUT2D eigenvalue weighted by molar-refractivity contribution is 5.85. The van der Waals surface area contributed by atoms with Crippen LogP contribution in [0.5, 0.6) is 0 Å². The summed E-state index contributed by atoms with van der Waals surface area (Å²) in [5.74, 6) is 0.110. The number of halogens is 2. The first-order chi connectivity index (χ1) is 7.52. The summed E-state index contributed by atoms with van der Waals surface area (Å²) in [5.41, 5.74) is 6.67. The molecule has 1 amide bonds. The first-order valence-electron chi connectivity index (χ1n) is 5.43. The van der Waals surface area contributed by atoms with Crippen molar-refractivity contribution in [3.63, 3.8) is 0 Å². The van der Waals surface area contributed by atoms with Gasteiger partial charge in [-0.1, -0.05) is 19.9 Å². The average Bonchev–Trinajstić information content (AvgIpc) is 2.28. The fraction of sp³-hybridized carbons (Fsp3) is 0.500. The minimum Gasteiger partial charge on any atom is -0.339 e. The van der Waals surface area contributed by atoms with Gasteiger partial charge in [0.2, 0.25) is 5.91 Å². The summed E-state index contributed by atoms with van der Waals surface area (Å²) in [6, 6.07) is 5.22. The number of pyridine rings is 1. The van der Waals surface area contributed by atoms with E-state index in [0.717, 1.165) is 5.69 Å². The lowest BCUT2D eigenvalue weighted by molar-refractivity contribution is -0.132. The number of nitrogens with two attached hydrogens (primary N) is 1. The van der Waals surface area contributed by atoms with Crippen LogP contribution in [-0.4, -0.2) is 28.9 Å². The van der Waals surface area contributed by atoms with E-state index in [2.05, 4.69) is 4.98 Å². The van der Waals surface area contributed by atoms with Crippen LogP contribution in [-0.2, 0) is 11.3 Å². The number of likely N-dealkylation sites (N-methyl/N-ethyl adjacent to an activating group) is 1. The molecule has 0 aliphatic rings. The predicted molar refractivity (Wildman–Crippen MR) is 78.0 cm³/mol. The monoisotopic (exact) mass is 293 g/mol. The molecule has 1 rings (SSSR count). The molecule has 1 atom stereocenters. The maximum absolute atomic E-state index is 11.9. The van der Waals surface area contributed by atoms with Gasteiger partial charge in [-0.3, -0.25) is 9.78 Å². The molecule has 0 radical (unpaired) electrons. The molecule has 1 aromatic rings. The van der Waals surface area contributed by atoms with Crippen LogP contribution in [0, 0.1) is 5.92 Å². The second-order valence-electron chi connectivity index (χ2n) is 4.29. The van der Waals surface area contributed by atoms with Crippen molar-refractivity contribution in [3.05, 3.63) is 30.1 Å². The van der Waals surface area contributed by atoms with Crippen LogP contribution in [0.25, 0.3) is 0 Å². The second-order valence-corrected chi connectivity index (χ2v) is 4.29. The summed E-state index contributed by atoms with van der Waals surface area (Å²) in [6.07, 6.45) is 1.72. The standard InChI is InChI=1S/C12H19N3O.2ClH/c1-9(2)11(13)12(16)15(3)8-10-6-4-5-7-14-10;;/h4-7,9,11H,8,13H2,1-3H3;2*1H/t11-;;/m1../s1. The number of carbonyl (C=O) groups is 1. The molecule has 0 bridgehead atoms. The Bertz CT molecular complexity index is 346. The average molecular weight is 294 g/mol. The van der Waals surface area contributed by atoms with Crippen LogP contribution < -0.4 is 5.73 Å². The van der Waals surface area contributed by atoms with Crippen LogP contribution in [0.2, 0.25) is 0 Å². The molecular formula is C12H21Cl2N3O. The van der Waals surface area contributed by atoms with E-state index in [4.69, 9.17) is 5.73 Å². The number of carbonyl (C=O) groups excluding carboxylic acids is 1. The Morgan fingerprint density at radius 1 is 1.39 bits per heavy atom. The van der Waals surface area contributed by atoms with E-state index < -0.39 is 6.04 Å². The predicted octanol–water partition coefficient (Wildman–Crippen LogP) is 1.87. The van der Waals surface area contributed by atoms with Crippen molar-refractivity contribution < 1.29 is 4.79 Å². The summed E-state index contributed by atoms with van der Waals surface area (Å²) in [4.78, 5) is 17.7. The van der Waals surface area contributed by atoms with E-state index in [1.54, 1.807) is 18.1 Å². The van der Waals surface area contributed by atoms with E-state index in [1.165, 1.54) is 0 Å². The summed E-state index contributed by atoms with van der Waals surface area (Å²) < 4.78 is 0. The molecule has 0 aliphatic heterocycles. The SMILES string of the molecule is CC(C)[C@@H](N)C(=O)N(C)Cc1ccccn1.Cl.Cl. The van der Waals surface area contributed by atoms with Crippen LogP contribution in [0.3, 0.4) is 0 Å². The molecule has 18 heavy (non-hydrogen) atoms. The van der Waals surface area contributed by atoms with Gasteiger partial charge in [0.25, 0.3) is 0 Å².